The van der Waals surface area contributed by atoms with Crippen LogP contribution in [0.4, 0.5) is 6.01 Å². The highest BCUT2D eigenvalue weighted by Crippen LogP contribution is 2.26. The Morgan fingerprint density at radius 3 is 2.55 bits per heavy atom. The first-order valence-electron chi connectivity index (χ1n) is 9.75. The zero-order chi connectivity index (χ0) is 22.0. The molecule has 1 aliphatic heterocycles. The molecule has 1 saturated heterocycles. The van der Waals surface area contributed by atoms with Gasteiger partial charge < -0.3 is 4.42 Å². The molecule has 1 N–H and O–H groups in total. The molecule has 0 atom stereocenters. The van der Waals surface area contributed by atoms with Gasteiger partial charge in [-0.15, -0.1) is 16.4 Å². The van der Waals surface area contributed by atoms with Crippen molar-refractivity contribution in [3.8, 4) is 0 Å². The maximum Gasteiger partial charge on any atom is 0.322 e. The number of hydrogen-bond donors (Lipinski definition) is 1. The second-order valence-corrected chi connectivity index (χ2v) is 11.1. The van der Waals surface area contributed by atoms with Crippen LogP contribution >= 0.6 is 22.9 Å². The first-order chi connectivity index (χ1) is 14.8. The lowest BCUT2D eigenvalue weighted by Crippen LogP contribution is -2.41. The van der Waals surface area contributed by atoms with Crippen LogP contribution in [0.5, 0.6) is 0 Å². The molecule has 1 aliphatic rings. The average Bonchev–Trinajstić information content (AvgIpc) is 3.37. The van der Waals surface area contributed by atoms with Gasteiger partial charge in [0.05, 0.1) is 15.7 Å². The van der Waals surface area contributed by atoms with Gasteiger partial charge in [-0.05, 0) is 44.0 Å². The first-order valence-corrected chi connectivity index (χ1v) is 12.4. The maximum absolute atomic E-state index is 12.8. The van der Waals surface area contributed by atoms with Crippen molar-refractivity contribution in [2.24, 2.45) is 5.92 Å². The lowest BCUT2D eigenvalue weighted by atomic mass is 9.97. The highest BCUT2D eigenvalue weighted by Gasteiger charge is 2.32. The highest BCUT2D eigenvalue weighted by atomic mass is 35.5. The largest absolute Gasteiger partial charge is 0.407 e. The number of nitrogens with zero attached hydrogens (tertiary/aromatic N) is 3. The molecule has 2 aromatic heterocycles. The smallest absolute Gasteiger partial charge is 0.322 e. The molecule has 0 spiro atoms. The summed E-state index contributed by atoms with van der Waals surface area (Å²) in [6.07, 6.45) is 1.28. The molecule has 1 amide bonds. The van der Waals surface area contributed by atoms with Crippen molar-refractivity contribution in [2.45, 2.75) is 31.1 Å². The highest BCUT2D eigenvalue weighted by molar-refractivity contribution is 7.89. The van der Waals surface area contributed by atoms with E-state index in [-0.39, 0.29) is 35.8 Å². The number of anilines is 1. The van der Waals surface area contributed by atoms with Gasteiger partial charge in [-0.2, -0.15) is 4.31 Å². The number of thiophene rings is 1. The molecular formula is C20H21ClN4O4S2. The Kier molecular flexibility index (Phi) is 6.42. The summed E-state index contributed by atoms with van der Waals surface area (Å²) in [7, 11) is -3.56. The predicted octanol–water partition coefficient (Wildman–Crippen LogP) is 3.72. The molecule has 4 rings (SSSR count). The van der Waals surface area contributed by atoms with Crippen LogP contribution in [-0.4, -0.2) is 41.9 Å². The monoisotopic (exact) mass is 480 g/mol. The molecule has 0 bridgehead atoms. The van der Waals surface area contributed by atoms with E-state index in [9.17, 15) is 13.2 Å². The van der Waals surface area contributed by atoms with E-state index in [0.29, 0.717) is 29.5 Å². The van der Waals surface area contributed by atoms with Crippen molar-refractivity contribution in [3.63, 3.8) is 0 Å². The van der Waals surface area contributed by atoms with Crippen LogP contribution in [0.3, 0.4) is 0 Å². The normalized spacial score (nSPS) is 15.8. The van der Waals surface area contributed by atoms with E-state index >= 15 is 0 Å². The number of carbonyl (C=O) groups is 1. The van der Waals surface area contributed by atoms with Crippen LogP contribution in [0.25, 0.3) is 0 Å². The van der Waals surface area contributed by atoms with Crippen molar-refractivity contribution in [3.05, 3.63) is 57.1 Å². The van der Waals surface area contributed by atoms with Gasteiger partial charge in [-0.1, -0.05) is 34.4 Å². The third kappa shape index (κ3) is 5.15. The van der Waals surface area contributed by atoms with Gasteiger partial charge in [0.1, 0.15) is 0 Å². The molecule has 3 heterocycles. The Morgan fingerprint density at radius 1 is 1.19 bits per heavy atom. The van der Waals surface area contributed by atoms with Crippen LogP contribution in [0, 0.1) is 12.8 Å². The molecule has 1 aromatic carbocycles. The molecular weight excluding hydrogens is 460 g/mol. The number of amides is 1. The van der Waals surface area contributed by atoms with E-state index < -0.39 is 10.0 Å². The second kappa shape index (κ2) is 9.07. The second-order valence-electron chi connectivity index (χ2n) is 7.36. The van der Waals surface area contributed by atoms with Crippen molar-refractivity contribution in [2.75, 3.05) is 18.4 Å². The van der Waals surface area contributed by atoms with E-state index in [1.165, 1.54) is 15.6 Å². The van der Waals surface area contributed by atoms with Crippen LogP contribution in [0.2, 0.25) is 4.34 Å². The average molecular weight is 481 g/mol. The van der Waals surface area contributed by atoms with Crippen molar-refractivity contribution < 1.29 is 17.6 Å². The van der Waals surface area contributed by atoms with Crippen LogP contribution < -0.4 is 5.32 Å². The zero-order valence-electron chi connectivity index (χ0n) is 16.7. The Labute approximate surface area is 189 Å². The van der Waals surface area contributed by atoms with E-state index in [4.69, 9.17) is 16.0 Å². The lowest BCUT2D eigenvalue weighted by molar-refractivity contribution is -0.121. The minimum atomic E-state index is -3.56. The van der Waals surface area contributed by atoms with E-state index in [1.807, 2.05) is 13.0 Å². The SMILES string of the molecule is Cc1ccc(S(=O)(=O)N2CCC(C(=O)Nc3nnc(Cc4ccc(Cl)s4)o3)CC2)cc1. The third-order valence-corrected chi connectivity index (χ3v) is 8.28. The Bertz CT molecular complexity index is 1170. The fraction of sp³-hybridized carbons (Fsp3) is 0.350. The standard InChI is InChI=1S/C20H21ClN4O4S2/c1-13-2-5-16(6-3-13)31(27,28)25-10-8-14(9-11-25)19(26)22-20-24-23-18(29-20)12-15-4-7-17(21)30-15/h2-7,14H,8-12H2,1H3,(H,22,24,26). The maximum atomic E-state index is 12.8. The van der Waals surface area contributed by atoms with Gasteiger partial charge >= 0.3 is 6.01 Å². The van der Waals surface area contributed by atoms with Gasteiger partial charge in [-0.25, -0.2) is 8.42 Å². The molecule has 3 aromatic rings. The summed E-state index contributed by atoms with van der Waals surface area (Å²) in [4.78, 5) is 13.8. The topological polar surface area (TPSA) is 105 Å². The van der Waals surface area contributed by atoms with Crippen molar-refractivity contribution >= 4 is 44.9 Å². The number of sulfonamides is 1. The summed E-state index contributed by atoms with van der Waals surface area (Å²) in [6, 6.07) is 10.5. The zero-order valence-corrected chi connectivity index (χ0v) is 19.1. The molecule has 31 heavy (non-hydrogen) atoms. The summed E-state index contributed by atoms with van der Waals surface area (Å²) in [5, 5.41) is 10.5. The van der Waals surface area contributed by atoms with E-state index in [2.05, 4.69) is 15.5 Å². The van der Waals surface area contributed by atoms with E-state index in [1.54, 1.807) is 30.3 Å². The van der Waals surface area contributed by atoms with Gasteiger partial charge in [0.2, 0.25) is 21.8 Å². The van der Waals surface area contributed by atoms with Crippen molar-refractivity contribution in [1.29, 1.82) is 0 Å². The Hall–Kier alpha value is -2.27. The lowest BCUT2D eigenvalue weighted by Gasteiger charge is -2.30. The van der Waals surface area contributed by atoms with Crippen molar-refractivity contribution in [1.82, 2.24) is 14.5 Å². The molecule has 0 unspecified atom stereocenters. The van der Waals surface area contributed by atoms with Gasteiger partial charge in [0, 0.05) is 23.9 Å². The number of piperidine rings is 1. The summed E-state index contributed by atoms with van der Waals surface area (Å²) in [6.45, 7) is 2.47. The number of hydrogen-bond acceptors (Lipinski definition) is 7. The molecule has 8 nitrogen and oxygen atoms in total. The van der Waals surface area contributed by atoms with Crippen LogP contribution in [0.1, 0.15) is 29.2 Å². The van der Waals surface area contributed by atoms with Crippen LogP contribution in [-0.2, 0) is 21.2 Å². The van der Waals surface area contributed by atoms with Gasteiger partial charge in [0.15, 0.2) is 0 Å². The first kappa shape index (κ1) is 21.9. The van der Waals surface area contributed by atoms with Crippen LogP contribution in [0.15, 0.2) is 45.7 Å². The van der Waals surface area contributed by atoms with E-state index in [0.717, 1.165) is 10.4 Å². The number of rotatable bonds is 6. The predicted molar refractivity (Wildman–Crippen MR) is 118 cm³/mol. The molecule has 0 aliphatic carbocycles. The molecule has 11 heteroatoms. The minimum Gasteiger partial charge on any atom is -0.407 e. The fourth-order valence-electron chi connectivity index (χ4n) is 3.40. The summed E-state index contributed by atoms with van der Waals surface area (Å²) in [5.74, 6) is -0.189. The molecule has 1 fully saturated rings. The Morgan fingerprint density at radius 2 is 1.90 bits per heavy atom. The molecule has 164 valence electrons. The summed E-state index contributed by atoms with van der Waals surface area (Å²) >= 11 is 7.35. The minimum absolute atomic E-state index is 0.0392. The number of benzene rings is 1. The van der Waals surface area contributed by atoms with Gasteiger partial charge in [0.25, 0.3) is 0 Å². The number of carbonyl (C=O) groups excluding carboxylic acids is 1. The summed E-state index contributed by atoms with van der Waals surface area (Å²) in [5.41, 5.74) is 0.998. The summed E-state index contributed by atoms with van der Waals surface area (Å²) < 4.78 is 33.2. The number of aryl methyl sites for hydroxylation is 1. The number of aromatic nitrogens is 2. The fourth-order valence-corrected chi connectivity index (χ4v) is 5.94. The Balaban J connectivity index is 1.32. The molecule has 0 radical (unpaired) electrons. The third-order valence-electron chi connectivity index (χ3n) is 5.13. The number of halogens is 1. The van der Waals surface area contributed by atoms with Gasteiger partial charge in [-0.3, -0.25) is 10.1 Å². The number of nitrogens with one attached hydrogen (secondary N) is 1. The quantitative estimate of drug-likeness (QED) is 0.576. The molecule has 0 saturated carbocycles.